The maximum Gasteiger partial charge on any atom is 0.242 e. The first-order valence-electron chi connectivity index (χ1n) is 5.95. The predicted molar refractivity (Wildman–Crippen MR) is 67.7 cm³/mol. The molecule has 0 aliphatic carbocycles. The molecule has 2 amide bonds. The minimum Gasteiger partial charge on any atom is -0.338 e. The van der Waals surface area contributed by atoms with Crippen LogP contribution in [-0.4, -0.2) is 65.0 Å². The Kier molecular flexibility index (Phi) is 3.93. The highest BCUT2D eigenvalue weighted by molar-refractivity contribution is 8.00. The van der Waals surface area contributed by atoms with Gasteiger partial charge in [0.05, 0.1) is 11.6 Å². The van der Waals surface area contributed by atoms with Gasteiger partial charge in [0, 0.05) is 25.2 Å². The normalized spacial score (nSPS) is 29.9. The molecule has 5 nitrogen and oxygen atoms in total. The molecule has 0 aromatic rings. The highest BCUT2D eigenvalue weighted by Crippen LogP contribution is 2.15. The van der Waals surface area contributed by atoms with E-state index in [-0.39, 0.29) is 18.4 Å². The van der Waals surface area contributed by atoms with E-state index >= 15 is 0 Å². The number of rotatable bonds is 2. The zero-order chi connectivity index (χ0) is 12.4. The molecule has 17 heavy (non-hydrogen) atoms. The molecule has 2 rings (SSSR count). The Hall–Kier alpha value is -0.750. The molecule has 0 bridgehead atoms. The number of hydrogen-bond donors (Lipinski definition) is 1. The molecule has 0 saturated carbocycles. The molecule has 2 aliphatic heterocycles. The summed E-state index contributed by atoms with van der Waals surface area (Å²) in [5.41, 5.74) is 0. The third-order valence-electron chi connectivity index (χ3n) is 3.06. The first kappa shape index (κ1) is 12.7. The van der Waals surface area contributed by atoms with Crippen molar-refractivity contribution in [2.75, 3.05) is 31.3 Å². The molecular formula is C11H19N3O2S. The average molecular weight is 257 g/mol. The molecule has 1 N–H and O–H groups in total. The Balaban J connectivity index is 1.88. The van der Waals surface area contributed by atoms with Crippen LogP contribution in [-0.2, 0) is 9.59 Å². The van der Waals surface area contributed by atoms with Crippen LogP contribution in [0, 0.1) is 0 Å². The fourth-order valence-corrected chi connectivity index (χ4v) is 3.24. The number of nitrogens with zero attached hydrogens (tertiary/aromatic N) is 2. The van der Waals surface area contributed by atoms with Gasteiger partial charge < -0.3 is 15.1 Å². The highest BCUT2D eigenvalue weighted by atomic mass is 32.2. The summed E-state index contributed by atoms with van der Waals surface area (Å²) in [7, 11) is 0. The van der Waals surface area contributed by atoms with E-state index in [9.17, 15) is 9.59 Å². The Labute approximate surface area is 106 Å². The van der Waals surface area contributed by atoms with Gasteiger partial charge in [0.2, 0.25) is 11.8 Å². The van der Waals surface area contributed by atoms with Crippen LogP contribution in [0.3, 0.4) is 0 Å². The maximum absolute atomic E-state index is 12.1. The third-order valence-corrected chi connectivity index (χ3v) is 4.01. The summed E-state index contributed by atoms with van der Waals surface area (Å²) in [6, 6.07) is 0.651. The summed E-state index contributed by atoms with van der Waals surface area (Å²) in [5.74, 6) is 1.32. The van der Waals surface area contributed by atoms with Crippen LogP contribution in [0.5, 0.6) is 0 Å². The first-order chi connectivity index (χ1) is 8.06. The van der Waals surface area contributed by atoms with Gasteiger partial charge in [-0.1, -0.05) is 0 Å². The van der Waals surface area contributed by atoms with Crippen molar-refractivity contribution in [3.05, 3.63) is 0 Å². The molecule has 96 valence electrons. The van der Waals surface area contributed by atoms with Gasteiger partial charge in [-0.25, -0.2) is 0 Å². The van der Waals surface area contributed by atoms with Crippen molar-refractivity contribution < 1.29 is 9.59 Å². The SMILES string of the molecule is C[C@@H]1CN(C(=O)CN2CSCC2=O)C[C@@H](C)N1. The van der Waals surface area contributed by atoms with E-state index in [0.29, 0.717) is 23.7 Å². The second kappa shape index (κ2) is 5.27. The Morgan fingerprint density at radius 2 is 2.06 bits per heavy atom. The zero-order valence-electron chi connectivity index (χ0n) is 10.3. The lowest BCUT2D eigenvalue weighted by Gasteiger charge is -2.36. The number of thioether (sulfide) groups is 1. The molecule has 2 aliphatic rings. The topological polar surface area (TPSA) is 52.7 Å². The van der Waals surface area contributed by atoms with Crippen molar-refractivity contribution in [2.24, 2.45) is 0 Å². The number of amides is 2. The zero-order valence-corrected chi connectivity index (χ0v) is 11.1. The minimum atomic E-state index is 0.0704. The third kappa shape index (κ3) is 3.13. The lowest BCUT2D eigenvalue weighted by molar-refractivity contribution is -0.139. The van der Waals surface area contributed by atoms with E-state index in [0.717, 1.165) is 13.1 Å². The van der Waals surface area contributed by atoms with Crippen LogP contribution in [0.2, 0.25) is 0 Å². The number of carbonyl (C=O) groups excluding carboxylic acids is 2. The summed E-state index contributed by atoms with van der Waals surface area (Å²) in [6.45, 7) is 5.86. The van der Waals surface area contributed by atoms with Gasteiger partial charge in [-0.15, -0.1) is 11.8 Å². The largest absolute Gasteiger partial charge is 0.338 e. The van der Waals surface area contributed by atoms with Crippen LogP contribution < -0.4 is 5.32 Å². The van der Waals surface area contributed by atoms with Crippen molar-refractivity contribution >= 4 is 23.6 Å². The van der Waals surface area contributed by atoms with Gasteiger partial charge in [-0.2, -0.15) is 0 Å². The molecule has 0 unspecified atom stereocenters. The number of hydrogen-bond acceptors (Lipinski definition) is 4. The van der Waals surface area contributed by atoms with Crippen molar-refractivity contribution in [3.63, 3.8) is 0 Å². The van der Waals surface area contributed by atoms with Crippen molar-refractivity contribution in [3.8, 4) is 0 Å². The summed E-state index contributed by atoms with van der Waals surface area (Å²) in [6.07, 6.45) is 0. The fourth-order valence-electron chi connectivity index (χ4n) is 2.33. The number of nitrogens with one attached hydrogen (secondary N) is 1. The van der Waals surface area contributed by atoms with Gasteiger partial charge in [0.1, 0.15) is 6.54 Å². The molecule has 2 heterocycles. The monoisotopic (exact) mass is 257 g/mol. The van der Waals surface area contributed by atoms with Gasteiger partial charge in [-0.05, 0) is 13.8 Å². The molecule has 0 aromatic heterocycles. The van der Waals surface area contributed by atoms with Crippen LogP contribution >= 0.6 is 11.8 Å². The smallest absolute Gasteiger partial charge is 0.242 e. The van der Waals surface area contributed by atoms with Crippen molar-refractivity contribution in [1.29, 1.82) is 0 Å². The van der Waals surface area contributed by atoms with E-state index < -0.39 is 0 Å². The quantitative estimate of drug-likeness (QED) is 0.740. The van der Waals surface area contributed by atoms with E-state index in [1.165, 1.54) is 0 Å². The lowest BCUT2D eigenvalue weighted by atomic mass is 10.1. The van der Waals surface area contributed by atoms with E-state index in [1.807, 2.05) is 4.90 Å². The average Bonchev–Trinajstić information content (AvgIpc) is 2.63. The fraction of sp³-hybridized carbons (Fsp3) is 0.818. The van der Waals surface area contributed by atoms with Crippen LogP contribution in [0.1, 0.15) is 13.8 Å². The number of piperazine rings is 1. The van der Waals surface area contributed by atoms with Gasteiger partial charge in [-0.3, -0.25) is 9.59 Å². The second-order valence-corrected chi connectivity index (χ2v) is 5.79. The minimum absolute atomic E-state index is 0.0704. The molecule has 0 aromatic carbocycles. The Morgan fingerprint density at radius 3 is 2.59 bits per heavy atom. The maximum atomic E-state index is 12.1. The predicted octanol–water partition coefficient (Wildman–Crippen LogP) is -0.272. The molecular weight excluding hydrogens is 238 g/mol. The van der Waals surface area contributed by atoms with Gasteiger partial charge in [0.25, 0.3) is 0 Å². The molecule has 6 heteroatoms. The Morgan fingerprint density at radius 1 is 1.41 bits per heavy atom. The standard InChI is InChI=1S/C11H19N3O2S/c1-8-3-13(4-9(2)12-8)10(15)5-14-7-17-6-11(14)16/h8-9,12H,3-7H2,1-2H3/t8-,9-/m1/s1. The number of carbonyl (C=O) groups is 2. The van der Waals surface area contributed by atoms with Crippen LogP contribution in [0.4, 0.5) is 0 Å². The Bertz CT molecular complexity index is 314. The summed E-state index contributed by atoms with van der Waals surface area (Å²) >= 11 is 1.57. The van der Waals surface area contributed by atoms with E-state index in [4.69, 9.17) is 0 Å². The van der Waals surface area contributed by atoms with E-state index in [2.05, 4.69) is 19.2 Å². The lowest BCUT2D eigenvalue weighted by Crippen LogP contribution is -2.57. The molecule has 2 saturated heterocycles. The van der Waals surface area contributed by atoms with Crippen LogP contribution in [0.15, 0.2) is 0 Å². The molecule has 2 fully saturated rings. The highest BCUT2D eigenvalue weighted by Gasteiger charge is 2.28. The van der Waals surface area contributed by atoms with E-state index in [1.54, 1.807) is 16.7 Å². The van der Waals surface area contributed by atoms with Crippen LogP contribution in [0.25, 0.3) is 0 Å². The van der Waals surface area contributed by atoms with Crippen molar-refractivity contribution in [2.45, 2.75) is 25.9 Å². The summed E-state index contributed by atoms with van der Waals surface area (Å²) < 4.78 is 0. The second-order valence-electron chi connectivity index (χ2n) is 4.84. The molecule has 2 atom stereocenters. The summed E-state index contributed by atoms with van der Waals surface area (Å²) in [4.78, 5) is 27.0. The molecule has 0 spiro atoms. The molecule has 0 radical (unpaired) electrons. The summed E-state index contributed by atoms with van der Waals surface area (Å²) in [5, 5.41) is 3.39. The first-order valence-corrected chi connectivity index (χ1v) is 7.11. The van der Waals surface area contributed by atoms with Gasteiger partial charge in [0.15, 0.2) is 0 Å². The van der Waals surface area contributed by atoms with Gasteiger partial charge >= 0.3 is 0 Å². The van der Waals surface area contributed by atoms with Crippen molar-refractivity contribution in [1.82, 2.24) is 15.1 Å².